The largest absolute Gasteiger partial charge is 0.483 e. The minimum Gasteiger partial charge on any atom is -0.483 e. The average Bonchev–Trinajstić information content (AvgIpc) is 2.82. The fourth-order valence-corrected chi connectivity index (χ4v) is 4.05. The van der Waals surface area contributed by atoms with Crippen LogP contribution >= 0.6 is 15.9 Å². The van der Waals surface area contributed by atoms with Crippen LogP contribution in [-0.2, 0) is 16.1 Å². The molecule has 0 saturated heterocycles. The summed E-state index contributed by atoms with van der Waals surface area (Å²) in [5, 5.41) is 5.03. The summed E-state index contributed by atoms with van der Waals surface area (Å²) in [6.45, 7) is 4.62. The lowest BCUT2D eigenvalue weighted by Gasteiger charge is -2.29. The van der Waals surface area contributed by atoms with Crippen molar-refractivity contribution in [2.45, 2.75) is 39.3 Å². The van der Waals surface area contributed by atoms with Crippen molar-refractivity contribution in [3.05, 3.63) is 76.8 Å². The van der Waals surface area contributed by atoms with Crippen molar-refractivity contribution in [2.75, 3.05) is 13.2 Å². The van der Waals surface area contributed by atoms with Gasteiger partial charge in [-0.3, -0.25) is 9.59 Å². The molecule has 0 radical (unpaired) electrons. The minimum absolute atomic E-state index is 0.156. The first-order valence-electron chi connectivity index (χ1n) is 10.9. The van der Waals surface area contributed by atoms with E-state index in [0.29, 0.717) is 18.8 Å². The van der Waals surface area contributed by atoms with E-state index in [-0.39, 0.29) is 18.4 Å². The molecule has 3 aromatic rings. The topological polar surface area (TPSA) is 58.6 Å². The standard InChI is InChI=1S/C26H29BrN2O3/c1-3-4-16-28-26(31)19(2)29(17-20-10-6-5-7-11-20)24(30)18-32-23-15-14-21-12-8-9-13-22(21)25(23)27/h5-15,19H,3-4,16-18H2,1-2H3,(H,28,31)/t19-/m1/s1. The SMILES string of the molecule is CCCCNC(=O)[C@@H](C)N(Cc1ccccc1)C(=O)COc1ccc2ccccc2c1Br. The molecular weight excluding hydrogens is 468 g/mol. The van der Waals surface area contributed by atoms with Crippen molar-refractivity contribution < 1.29 is 14.3 Å². The molecule has 32 heavy (non-hydrogen) atoms. The van der Waals surface area contributed by atoms with Crippen LogP contribution in [0.5, 0.6) is 5.75 Å². The van der Waals surface area contributed by atoms with Crippen LogP contribution in [0.2, 0.25) is 0 Å². The lowest BCUT2D eigenvalue weighted by atomic mass is 10.1. The second kappa shape index (κ2) is 11.7. The number of halogens is 1. The molecule has 0 heterocycles. The quantitative estimate of drug-likeness (QED) is 0.386. The Morgan fingerprint density at radius 3 is 2.50 bits per heavy atom. The van der Waals surface area contributed by atoms with Crippen LogP contribution in [0.3, 0.4) is 0 Å². The molecule has 3 aromatic carbocycles. The second-order valence-corrected chi connectivity index (χ2v) is 8.51. The van der Waals surface area contributed by atoms with E-state index < -0.39 is 6.04 Å². The molecule has 1 N–H and O–H groups in total. The van der Waals surface area contributed by atoms with Gasteiger partial charge in [0, 0.05) is 13.1 Å². The Kier molecular flexibility index (Phi) is 8.68. The zero-order chi connectivity index (χ0) is 22.9. The first-order chi connectivity index (χ1) is 15.5. The summed E-state index contributed by atoms with van der Waals surface area (Å²) in [7, 11) is 0. The van der Waals surface area contributed by atoms with Crippen LogP contribution < -0.4 is 10.1 Å². The Morgan fingerprint density at radius 1 is 1.03 bits per heavy atom. The van der Waals surface area contributed by atoms with E-state index in [0.717, 1.165) is 33.7 Å². The number of benzene rings is 3. The van der Waals surface area contributed by atoms with Crippen LogP contribution in [0.25, 0.3) is 10.8 Å². The van der Waals surface area contributed by atoms with Crippen LogP contribution in [0.4, 0.5) is 0 Å². The smallest absolute Gasteiger partial charge is 0.261 e. The molecule has 0 spiro atoms. The number of amides is 2. The molecular formula is C26H29BrN2O3. The molecule has 0 aliphatic heterocycles. The van der Waals surface area contributed by atoms with E-state index in [1.54, 1.807) is 11.8 Å². The van der Waals surface area contributed by atoms with Gasteiger partial charge in [0.2, 0.25) is 5.91 Å². The van der Waals surface area contributed by atoms with E-state index in [9.17, 15) is 9.59 Å². The zero-order valence-electron chi connectivity index (χ0n) is 18.5. The van der Waals surface area contributed by atoms with Crippen molar-refractivity contribution in [3.8, 4) is 5.75 Å². The number of hydrogen-bond acceptors (Lipinski definition) is 3. The predicted molar refractivity (Wildman–Crippen MR) is 132 cm³/mol. The zero-order valence-corrected chi connectivity index (χ0v) is 20.1. The van der Waals surface area contributed by atoms with Gasteiger partial charge >= 0.3 is 0 Å². The normalized spacial score (nSPS) is 11.7. The number of unbranched alkanes of at least 4 members (excludes halogenated alkanes) is 1. The highest BCUT2D eigenvalue weighted by molar-refractivity contribution is 9.10. The van der Waals surface area contributed by atoms with Gasteiger partial charge in [-0.1, -0.05) is 74.0 Å². The van der Waals surface area contributed by atoms with Crippen molar-refractivity contribution in [2.24, 2.45) is 0 Å². The third kappa shape index (κ3) is 6.10. The minimum atomic E-state index is -0.608. The Hall–Kier alpha value is -2.86. The average molecular weight is 497 g/mol. The molecule has 0 aromatic heterocycles. The summed E-state index contributed by atoms with van der Waals surface area (Å²) >= 11 is 3.60. The van der Waals surface area contributed by atoms with Crippen LogP contribution in [-0.4, -0.2) is 35.9 Å². The highest BCUT2D eigenvalue weighted by Gasteiger charge is 2.26. The number of ether oxygens (including phenoxy) is 1. The molecule has 1 atom stereocenters. The molecule has 0 fully saturated rings. The first kappa shape index (κ1) is 23.8. The third-order valence-electron chi connectivity index (χ3n) is 5.37. The Balaban J connectivity index is 1.74. The van der Waals surface area contributed by atoms with E-state index >= 15 is 0 Å². The molecule has 168 valence electrons. The van der Waals surface area contributed by atoms with Crippen molar-refractivity contribution in [1.82, 2.24) is 10.2 Å². The van der Waals surface area contributed by atoms with Gasteiger partial charge in [-0.15, -0.1) is 0 Å². The number of rotatable bonds is 10. The molecule has 0 bridgehead atoms. The summed E-state index contributed by atoms with van der Waals surface area (Å²) in [5.41, 5.74) is 0.959. The molecule has 0 saturated carbocycles. The maximum absolute atomic E-state index is 13.2. The van der Waals surface area contributed by atoms with Crippen LogP contribution in [0.15, 0.2) is 71.2 Å². The Labute approximate surface area is 197 Å². The maximum Gasteiger partial charge on any atom is 0.261 e. The number of carbonyl (C=O) groups is 2. The molecule has 2 amide bonds. The summed E-state index contributed by atoms with van der Waals surface area (Å²) in [5.74, 6) is 0.193. The second-order valence-electron chi connectivity index (χ2n) is 7.72. The summed E-state index contributed by atoms with van der Waals surface area (Å²) in [4.78, 5) is 27.4. The summed E-state index contributed by atoms with van der Waals surface area (Å²) in [6.07, 6.45) is 1.90. The lowest BCUT2D eigenvalue weighted by molar-refractivity contribution is -0.142. The maximum atomic E-state index is 13.2. The van der Waals surface area contributed by atoms with E-state index in [4.69, 9.17) is 4.74 Å². The number of carbonyl (C=O) groups excluding carboxylic acids is 2. The van der Waals surface area contributed by atoms with E-state index in [1.165, 1.54) is 0 Å². The van der Waals surface area contributed by atoms with E-state index in [1.807, 2.05) is 66.7 Å². The number of nitrogens with one attached hydrogen (secondary N) is 1. The fraction of sp³-hybridized carbons (Fsp3) is 0.308. The Bertz CT molecular complexity index is 1060. The predicted octanol–water partition coefficient (Wildman–Crippen LogP) is 5.31. The third-order valence-corrected chi connectivity index (χ3v) is 6.19. The molecule has 3 rings (SSSR count). The highest BCUT2D eigenvalue weighted by Crippen LogP contribution is 2.33. The summed E-state index contributed by atoms with van der Waals surface area (Å²) in [6, 6.07) is 20.8. The van der Waals surface area contributed by atoms with Gasteiger partial charge in [0.1, 0.15) is 11.8 Å². The Morgan fingerprint density at radius 2 is 1.75 bits per heavy atom. The van der Waals surface area contributed by atoms with E-state index in [2.05, 4.69) is 28.2 Å². The van der Waals surface area contributed by atoms with Crippen molar-refractivity contribution in [1.29, 1.82) is 0 Å². The summed E-state index contributed by atoms with van der Waals surface area (Å²) < 4.78 is 6.69. The van der Waals surface area contributed by atoms with Gasteiger partial charge in [0.05, 0.1) is 4.47 Å². The van der Waals surface area contributed by atoms with Gasteiger partial charge in [0.25, 0.3) is 5.91 Å². The fourth-order valence-electron chi connectivity index (χ4n) is 3.45. The monoisotopic (exact) mass is 496 g/mol. The number of nitrogens with zero attached hydrogens (tertiary/aromatic N) is 1. The highest BCUT2D eigenvalue weighted by atomic mass is 79.9. The molecule has 6 heteroatoms. The first-order valence-corrected chi connectivity index (χ1v) is 11.7. The lowest BCUT2D eigenvalue weighted by Crippen LogP contribution is -2.49. The number of fused-ring (bicyclic) bond motifs is 1. The van der Waals surface area contributed by atoms with Crippen LogP contribution in [0, 0.1) is 0 Å². The van der Waals surface area contributed by atoms with Gasteiger partial charge < -0.3 is 15.0 Å². The van der Waals surface area contributed by atoms with Gasteiger partial charge in [0.15, 0.2) is 6.61 Å². The number of hydrogen-bond donors (Lipinski definition) is 1. The van der Waals surface area contributed by atoms with Gasteiger partial charge in [-0.2, -0.15) is 0 Å². The molecule has 5 nitrogen and oxygen atoms in total. The molecule has 0 unspecified atom stereocenters. The van der Waals surface area contributed by atoms with Crippen LogP contribution in [0.1, 0.15) is 32.3 Å². The van der Waals surface area contributed by atoms with Gasteiger partial charge in [-0.05, 0) is 51.7 Å². The van der Waals surface area contributed by atoms with Crippen molar-refractivity contribution >= 4 is 38.5 Å². The molecule has 0 aliphatic carbocycles. The van der Waals surface area contributed by atoms with Crippen molar-refractivity contribution in [3.63, 3.8) is 0 Å². The van der Waals surface area contributed by atoms with Gasteiger partial charge in [-0.25, -0.2) is 0 Å². The molecule has 0 aliphatic rings.